The maximum absolute atomic E-state index is 13.5. The van der Waals surface area contributed by atoms with E-state index in [1.54, 1.807) is 29.2 Å². The van der Waals surface area contributed by atoms with Crippen molar-refractivity contribution in [2.45, 2.75) is 27.2 Å². The van der Waals surface area contributed by atoms with E-state index < -0.39 is 26.0 Å². The lowest BCUT2D eigenvalue weighted by atomic mass is 10.1. The van der Waals surface area contributed by atoms with Crippen LogP contribution in [0.4, 0.5) is 20.2 Å². The van der Waals surface area contributed by atoms with E-state index >= 15 is 0 Å². The van der Waals surface area contributed by atoms with E-state index in [4.69, 9.17) is 0 Å². The Morgan fingerprint density at radius 1 is 1.00 bits per heavy atom. The molecular weight excluding hydrogens is 444 g/mol. The van der Waals surface area contributed by atoms with Crippen molar-refractivity contribution in [3.63, 3.8) is 0 Å². The van der Waals surface area contributed by atoms with Crippen molar-refractivity contribution in [2.24, 2.45) is 0 Å². The molecule has 1 aromatic carbocycles. The van der Waals surface area contributed by atoms with Gasteiger partial charge in [-0.05, 0) is 24.3 Å². The van der Waals surface area contributed by atoms with Crippen LogP contribution in [0.15, 0.2) is 44.8 Å². The molecule has 160 valence electrons. The number of nitrogens with zero attached hydrogens (tertiary/aromatic N) is 2. The lowest BCUT2D eigenvalue weighted by Gasteiger charge is -2.34. The second-order valence-electron chi connectivity index (χ2n) is 6.83. The summed E-state index contributed by atoms with van der Waals surface area (Å²) < 4.78 is 80.1. The van der Waals surface area contributed by atoms with Crippen molar-refractivity contribution in [1.29, 1.82) is 0 Å². The number of para-hydroxylation sites is 2. The molecule has 0 spiro atoms. The molecule has 7 nitrogen and oxygen atoms in total. The van der Waals surface area contributed by atoms with Gasteiger partial charge in [0.1, 0.15) is 8.42 Å². The quantitative estimate of drug-likeness (QED) is 0.709. The van der Waals surface area contributed by atoms with Gasteiger partial charge >= 0.3 is 0 Å². The molecule has 1 N–H and O–H groups in total. The molecule has 2 heterocycles. The van der Waals surface area contributed by atoms with Gasteiger partial charge < -0.3 is 4.90 Å². The average molecular weight is 466 g/mol. The molecule has 0 atom stereocenters. The van der Waals surface area contributed by atoms with Crippen LogP contribution in [-0.4, -0.2) is 54.2 Å². The van der Waals surface area contributed by atoms with E-state index in [-0.39, 0.29) is 40.0 Å². The first-order chi connectivity index (χ1) is 13.4. The van der Waals surface area contributed by atoms with Crippen LogP contribution in [0.25, 0.3) is 0 Å². The molecule has 29 heavy (non-hydrogen) atoms. The Morgan fingerprint density at radius 3 is 2.21 bits per heavy atom. The molecule has 0 amide bonds. The van der Waals surface area contributed by atoms with Crippen LogP contribution in [0.1, 0.15) is 12.8 Å². The summed E-state index contributed by atoms with van der Waals surface area (Å²) in [5.74, 6) is -2.71. The summed E-state index contributed by atoms with van der Waals surface area (Å²) in [6, 6.07) is 9.02. The van der Waals surface area contributed by atoms with Crippen molar-refractivity contribution in [3.05, 3.63) is 36.4 Å². The van der Waals surface area contributed by atoms with Gasteiger partial charge in [0.15, 0.2) is 0 Å². The number of alkyl halides is 2. The first-order valence-corrected chi connectivity index (χ1v) is 12.4. The van der Waals surface area contributed by atoms with Crippen molar-refractivity contribution >= 4 is 42.8 Å². The number of anilines is 2. The van der Waals surface area contributed by atoms with Gasteiger partial charge in [0.25, 0.3) is 26.0 Å². The molecule has 12 heteroatoms. The van der Waals surface area contributed by atoms with Gasteiger partial charge in [0.2, 0.25) is 0 Å². The molecule has 1 saturated heterocycles. The number of thiophene rings is 1. The standard InChI is InChI=1S/C17H21F2N3O4S3/c1-21(2)29(25,26)16-8-7-15(27-16)28(23,24)20-13-5-3-4-6-14(13)22-11-9-17(18,19)10-12-22/h3-8,20H,9-12H2,1-2H3. The smallest absolute Gasteiger partial charge is 0.271 e. The van der Waals surface area contributed by atoms with Crippen LogP contribution in [0.2, 0.25) is 0 Å². The summed E-state index contributed by atoms with van der Waals surface area (Å²) in [4.78, 5) is 1.71. The predicted octanol–water partition coefficient (Wildman–Crippen LogP) is 3.03. The number of benzene rings is 1. The number of rotatable bonds is 6. The summed E-state index contributed by atoms with van der Waals surface area (Å²) in [7, 11) is -5.07. The monoisotopic (exact) mass is 465 g/mol. The summed E-state index contributed by atoms with van der Waals surface area (Å²) in [5.41, 5.74) is 0.757. The van der Waals surface area contributed by atoms with E-state index in [0.29, 0.717) is 17.0 Å². The Balaban J connectivity index is 1.86. The van der Waals surface area contributed by atoms with Gasteiger partial charge in [-0.2, -0.15) is 0 Å². The predicted molar refractivity (Wildman–Crippen MR) is 109 cm³/mol. The summed E-state index contributed by atoms with van der Waals surface area (Å²) in [6.07, 6.45) is -0.602. The van der Waals surface area contributed by atoms with Gasteiger partial charge in [0.05, 0.1) is 11.4 Å². The SMILES string of the molecule is CN(C)S(=O)(=O)c1ccc(S(=O)(=O)Nc2ccccc2N2CCC(F)(F)CC2)s1. The fourth-order valence-electron chi connectivity index (χ4n) is 2.87. The van der Waals surface area contributed by atoms with Crippen LogP contribution >= 0.6 is 11.3 Å². The van der Waals surface area contributed by atoms with Gasteiger partial charge in [-0.3, -0.25) is 4.72 Å². The van der Waals surface area contributed by atoms with E-state index in [1.165, 1.54) is 26.2 Å². The topological polar surface area (TPSA) is 86.8 Å². The Labute approximate surface area is 173 Å². The van der Waals surface area contributed by atoms with Crippen LogP contribution in [0.5, 0.6) is 0 Å². The fourth-order valence-corrected chi connectivity index (χ4v) is 6.88. The first kappa shape index (κ1) is 21.9. The van der Waals surface area contributed by atoms with Crippen LogP contribution < -0.4 is 9.62 Å². The molecule has 1 aliphatic heterocycles. The number of halogens is 2. The molecule has 1 aliphatic rings. The molecule has 0 radical (unpaired) electrons. The van der Waals surface area contributed by atoms with Crippen LogP contribution in [0.3, 0.4) is 0 Å². The zero-order valence-corrected chi connectivity index (χ0v) is 18.3. The Morgan fingerprint density at radius 2 is 1.59 bits per heavy atom. The lowest BCUT2D eigenvalue weighted by Crippen LogP contribution is -2.39. The van der Waals surface area contributed by atoms with Gasteiger partial charge in [0, 0.05) is 40.0 Å². The van der Waals surface area contributed by atoms with Crippen molar-refractivity contribution < 1.29 is 25.6 Å². The zero-order chi connectivity index (χ0) is 21.4. The number of hydrogen-bond acceptors (Lipinski definition) is 6. The lowest BCUT2D eigenvalue weighted by molar-refractivity contribution is -0.0220. The highest BCUT2D eigenvalue weighted by Gasteiger charge is 2.35. The van der Waals surface area contributed by atoms with Gasteiger partial charge in [-0.1, -0.05) is 12.1 Å². The molecule has 3 rings (SSSR count). The average Bonchev–Trinajstić information content (AvgIpc) is 3.14. The molecule has 2 aromatic rings. The third-order valence-electron chi connectivity index (χ3n) is 4.54. The molecule has 1 fully saturated rings. The van der Waals surface area contributed by atoms with E-state index in [0.717, 1.165) is 4.31 Å². The molecule has 0 bridgehead atoms. The third-order valence-corrected chi connectivity index (χ3v) is 9.77. The Hall–Kier alpha value is -1.76. The maximum Gasteiger partial charge on any atom is 0.271 e. The Kier molecular flexibility index (Phi) is 5.91. The highest BCUT2D eigenvalue weighted by atomic mass is 32.3. The normalized spacial score (nSPS) is 17.5. The summed E-state index contributed by atoms with van der Waals surface area (Å²) in [6.45, 7) is 0.214. The Bertz CT molecular complexity index is 1090. The zero-order valence-electron chi connectivity index (χ0n) is 15.8. The van der Waals surface area contributed by atoms with Crippen LogP contribution in [-0.2, 0) is 20.0 Å². The van der Waals surface area contributed by atoms with E-state index in [1.807, 2.05) is 0 Å². The molecule has 0 unspecified atom stereocenters. The van der Waals surface area contributed by atoms with E-state index in [9.17, 15) is 25.6 Å². The minimum Gasteiger partial charge on any atom is -0.369 e. The van der Waals surface area contributed by atoms with Crippen molar-refractivity contribution in [2.75, 3.05) is 36.8 Å². The minimum atomic E-state index is -4.05. The summed E-state index contributed by atoms with van der Waals surface area (Å²) in [5, 5.41) is 0. The maximum atomic E-state index is 13.5. The third kappa shape index (κ3) is 4.71. The fraction of sp³-hybridized carbons (Fsp3) is 0.412. The first-order valence-electron chi connectivity index (χ1n) is 8.69. The second-order valence-corrected chi connectivity index (χ2v) is 12.2. The highest BCUT2D eigenvalue weighted by Crippen LogP contribution is 2.35. The van der Waals surface area contributed by atoms with Crippen molar-refractivity contribution in [3.8, 4) is 0 Å². The van der Waals surface area contributed by atoms with Gasteiger partial charge in [-0.15, -0.1) is 11.3 Å². The van der Waals surface area contributed by atoms with Gasteiger partial charge in [-0.25, -0.2) is 29.9 Å². The second kappa shape index (κ2) is 7.82. The van der Waals surface area contributed by atoms with Crippen molar-refractivity contribution in [1.82, 2.24) is 4.31 Å². The largest absolute Gasteiger partial charge is 0.369 e. The highest BCUT2D eigenvalue weighted by molar-refractivity contribution is 7.96. The number of nitrogens with one attached hydrogen (secondary N) is 1. The molecule has 1 aromatic heterocycles. The minimum absolute atomic E-state index is 0.0885. The number of sulfonamides is 2. The molecule has 0 aliphatic carbocycles. The van der Waals surface area contributed by atoms with Crippen LogP contribution in [0, 0.1) is 0 Å². The number of hydrogen-bond donors (Lipinski definition) is 1. The molecular formula is C17H21F2N3O4S3. The van der Waals surface area contributed by atoms with E-state index in [2.05, 4.69) is 4.72 Å². The number of piperidine rings is 1. The molecule has 0 saturated carbocycles. The summed E-state index contributed by atoms with van der Waals surface area (Å²) >= 11 is 0.643.